The number of aryl methyl sites for hydroxylation is 3. The lowest BCUT2D eigenvalue weighted by Crippen LogP contribution is -1.86. The molecule has 78 valence electrons. The van der Waals surface area contributed by atoms with Crippen molar-refractivity contribution >= 4 is 0 Å². The monoisotopic (exact) mass is 204 g/mol. The number of aromatic nitrogens is 2. The summed E-state index contributed by atoms with van der Waals surface area (Å²) in [5, 5.41) is 4.20. The lowest BCUT2D eigenvalue weighted by atomic mass is 10.0. The first-order valence-corrected chi connectivity index (χ1v) is 4.84. The first kappa shape index (κ1) is 9.90. The molecule has 15 heavy (non-hydrogen) atoms. The van der Waals surface area contributed by atoms with Crippen LogP contribution in [-0.4, -0.2) is 9.78 Å². The minimum absolute atomic E-state index is 0.189. The highest BCUT2D eigenvalue weighted by molar-refractivity contribution is 5.66. The van der Waals surface area contributed by atoms with Crippen LogP contribution in [0.15, 0.2) is 24.4 Å². The van der Waals surface area contributed by atoms with Crippen molar-refractivity contribution in [2.24, 2.45) is 7.05 Å². The van der Waals surface area contributed by atoms with Crippen LogP contribution in [0.5, 0.6) is 0 Å². The summed E-state index contributed by atoms with van der Waals surface area (Å²) in [4.78, 5) is 0. The molecule has 0 atom stereocenters. The molecule has 0 amide bonds. The van der Waals surface area contributed by atoms with Crippen molar-refractivity contribution in [1.29, 1.82) is 0 Å². The van der Waals surface area contributed by atoms with E-state index in [0.29, 0.717) is 5.56 Å². The summed E-state index contributed by atoms with van der Waals surface area (Å²) in [5.74, 6) is -0.189. The van der Waals surface area contributed by atoms with Crippen molar-refractivity contribution in [2.45, 2.75) is 13.8 Å². The van der Waals surface area contributed by atoms with E-state index in [1.807, 2.05) is 33.2 Å². The van der Waals surface area contributed by atoms with Gasteiger partial charge in [-0.05, 0) is 25.5 Å². The minimum Gasteiger partial charge on any atom is -0.275 e. The van der Waals surface area contributed by atoms with Crippen LogP contribution in [-0.2, 0) is 7.05 Å². The Kier molecular flexibility index (Phi) is 2.31. The molecule has 0 saturated carbocycles. The van der Waals surface area contributed by atoms with Gasteiger partial charge in [-0.2, -0.15) is 5.10 Å². The molecular formula is C12H13FN2. The third kappa shape index (κ3) is 1.77. The summed E-state index contributed by atoms with van der Waals surface area (Å²) in [6.07, 6.45) is 1.84. The second kappa shape index (κ2) is 3.50. The highest BCUT2D eigenvalue weighted by Crippen LogP contribution is 2.25. The van der Waals surface area contributed by atoms with Gasteiger partial charge in [0.15, 0.2) is 0 Å². The molecule has 2 nitrogen and oxygen atoms in total. The van der Waals surface area contributed by atoms with Gasteiger partial charge in [0, 0.05) is 24.4 Å². The number of hydrogen-bond acceptors (Lipinski definition) is 1. The fourth-order valence-corrected chi connectivity index (χ4v) is 1.70. The Morgan fingerprint density at radius 2 is 1.93 bits per heavy atom. The summed E-state index contributed by atoms with van der Waals surface area (Å²) in [5.41, 5.74) is 3.25. The van der Waals surface area contributed by atoms with Crippen LogP contribution in [0.3, 0.4) is 0 Å². The van der Waals surface area contributed by atoms with Crippen LogP contribution in [0.2, 0.25) is 0 Å². The molecule has 0 aliphatic carbocycles. The molecule has 0 bridgehead atoms. The molecule has 0 aliphatic rings. The average Bonchev–Trinajstić information content (AvgIpc) is 2.45. The molecule has 0 saturated heterocycles. The van der Waals surface area contributed by atoms with E-state index in [0.717, 1.165) is 16.8 Å². The molecule has 1 aromatic heterocycles. The first-order valence-electron chi connectivity index (χ1n) is 4.84. The minimum atomic E-state index is -0.189. The molecule has 0 radical (unpaired) electrons. The Morgan fingerprint density at radius 1 is 1.20 bits per heavy atom. The molecule has 0 aliphatic heterocycles. The second-order valence-corrected chi connectivity index (χ2v) is 3.79. The molecule has 0 unspecified atom stereocenters. The Balaban J connectivity index is 2.59. The summed E-state index contributed by atoms with van der Waals surface area (Å²) >= 11 is 0. The van der Waals surface area contributed by atoms with Crippen molar-refractivity contribution in [3.63, 3.8) is 0 Å². The van der Waals surface area contributed by atoms with E-state index in [2.05, 4.69) is 5.10 Å². The van der Waals surface area contributed by atoms with Crippen LogP contribution in [0, 0.1) is 19.7 Å². The van der Waals surface area contributed by atoms with E-state index < -0.39 is 0 Å². The zero-order chi connectivity index (χ0) is 11.0. The van der Waals surface area contributed by atoms with Crippen molar-refractivity contribution < 1.29 is 4.39 Å². The fourth-order valence-electron chi connectivity index (χ4n) is 1.70. The molecule has 1 heterocycles. The average molecular weight is 204 g/mol. The Labute approximate surface area is 88.4 Å². The molecule has 0 N–H and O–H groups in total. The number of benzene rings is 1. The van der Waals surface area contributed by atoms with Gasteiger partial charge in [-0.25, -0.2) is 4.39 Å². The zero-order valence-corrected chi connectivity index (χ0v) is 9.08. The van der Waals surface area contributed by atoms with Crippen molar-refractivity contribution in [3.8, 4) is 11.1 Å². The lowest BCUT2D eigenvalue weighted by Gasteiger charge is -2.02. The smallest absolute Gasteiger partial charge is 0.131 e. The molecule has 0 fully saturated rings. The van der Waals surface area contributed by atoms with Gasteiger partial charge in [-0.15, -0.1) is 0 Å². The topological polar surface area (TPSA) is 17.8 Å². The maximum Gasteiger partial charge on any atom is 0.131 e. The number of nitrogens with zero attached hydrogens (tertiary/aromatic N) is 2. The summed E-state index contributed by atoms with van der Waals surface area (Å²) in [7, 11) is 1.84. The highest BCUT2D eigenvalue weighted by Gasteiger charge is 2.10. The Morgan fingerprint density at radius 3 is 2.47 bits per heavy atom. The van der Waals surface area contributed by atoms with E-state index in [1.54, 1.807) is 16.8 Å². The van der Waals surface area contributed by atoms with Crippen LogP contribution >= 0.6 is 0 Å². The standard InChI is InChI=1S/C12H13FN2/c1-8-4-5-10(12(13)6-8)11-7-15(3)14-9(11)2/h4-7H,1-3H3. The Bertz CT molecular complexity index is 500. The van der Waals surface area contributed by atoms with E-state index >= 15 is 0 Å². The molecule has 3 heteroatoms. The van der Waals surface area contributed by atoms with Gasteiger partial charge in [0.2, 0.25) is 0 Å². The predicted octanol–water partition coefficient (Wildman–Crippen LogP) is 2.84. The van der Waals surface area contributed by atoms with Gasteiger partial charge in [-0.3, -0.25) is 4.68 Å². The summed E-state index contributed by atoms with van der Waals surface area (Å²) < 4.78 is 15.4. The normalized spacial score (nSPS) is 10.7. The summed E-state index contributed by atoms with van der Waals surface area (Å²) in [6.45, 7) is 3.76. The first-order chi connectivity index (χ1) is 7.08. The van der Waals surface area contributed by atoms with Crippen LogP contribution in [0.25, 0.3) is 11.1 Å². The van der Waals surface area contributed by atoms with E-state index in [4.69, 9.17) is 0 Å². The maximum atomic E-state index is 13.7. The molecular weight excluding hydrogens is 191 g/mol. The van der Waals surface area contributed by atoms with Crippen LogP contribution < -0.4 is 0 Å². The van der Waals surface area contributed by atoms with Crippen molar-refractivity contribution in [1.82, 2.24) is 9.78 Å². The zero-order valence-electron chi connectivity index (χ0n) is 9.08. The Hall–Kier alpha value is -1.64. The van der Waals surface area contributed by atoms with Crippen LogP contribution in [0.1, 0.15) is 11.3 Å². The second-order valence-electron chi connectivity index (χ2n) is 3.79. The third-order valence-corrected chi connectivity index (χ3v) is 2.43. The highest BCUT2D eigenvalue weighted by atomic mass is 19.1. The fraction of sp³-hybridized carbons (Fsp3) is 0.250. The molecule has 1 aromatic carbocycles. The quantitative estimate of drug-likeness (QED) is 0.698. The number of hydrogen-bond donors (Lipinski definition) is 0. The van der Waals surface area contributed by atoms with Gasteiger partial charge in [0.1, 0.15) is 5.82 Å². The molecule has 2 aromatic rings. The largest absolute Gasteiger partial charge is 0.275 e. The van der Waals surface area contributed by atoms with Crippen molar-refractivity contribution in [3.05, 3.63) is 41.5 Å². The van der Waals surface area contributed by atoms with E-state index in [9.17, 15) is 4.39 Å². The van der Waals surface area contributed by atoms with Gasteiger partial charge in [-0.1, -0.05) is 12.1 Å². The molecule has 0 spiro atoms. The van der Waals surface area contributed by atoms with Gasteiger partial charge >= 0.3 is 0 Å². The maximum absolute atomic E-state index is 13.7. The number of halogens is 1. The lowest BCUT2D eigenvalue weighted by molar-refractivity contribution is 0.630. The SMILES string of the molecule is Cc1ccc(-c2cn(C)nc2C)c(F)c1. The van der Waals surface area contributed by atoms with Gasteiger partial charge in [0.25, 0.3) is 0 Å². The van der Waals surface area contributed by atoms with Crippen molar-refractivity contribution in [2.75, 3.05) is 0 Å². The predicted molar refractivity (Wildman–Crippen MR) is 58.1 cm³/mol. The summed E-state index contributed by atoms with van der Waals surface area (Å²) in [6, 6.07) is 5.25. The number of rotatable bonds is 1. The van der Waals surface area contributed by atoms with E-state index in [-0.39, 0.29) is 5.82 Å². The van der Waals surface area contributed by atoms with Gasteiger partial charge < -0.3 is 0 Å². The van der Waals surface area contributed by atoms with Crippen LogP contribution in [0.4, 0.5) is 4.39 Å². The van der Waals surface area contributed by atoms with Gasteiger partial charge in [0.05, 0.1) is 5.69 Å². The molecule has 2 rings (SSSR count). The third-order valence-electron chi connectivity index (χ3n) is 2.43. The van der Waals surface area contributed by atoms with E-state index in [1.165, 1.54) is 0 Å².